The van der Waals surface area contributed by atoms with E-state index in [9.17, 15) is 0 Å². The van der Waals surface area contributed by atoms with Crippen LogP contribution in [0.15, 0.2) is 73.3 Å². The maximum atomic E-state index is 6.38. The van der Waals surface area contributed by atoms with E-state index in [1.54, 1.807) is 6.20 Å². The predicted molar refractivity (Wildman–Crippen MR) is 132 cm³/mol. The summed E-state index contributed by atoms with van der Waals surface area (Å²) in [5, 5.41) is 9.20. The van der Waals surface area contributed by atoms with Crippen LogP contribution in [-0.2, 0) is 11.3 Å². The van der Waals surface area contributed by atoms with Gasteiger partial charge in [-0.05, 0) is 42.7 Å². The molecule has 1 aliphatic heterocycles. The predicted octanol–water partition coefficient (Wildman–Crippen LogP) is 4.17. The van der Waals surface area contributed by atoms with E-state index >= 15 is 0 Å². The fourth-order valence-electron chi connectivity index (χ4n) is 4.63. The van der Waals surface area contributed by atoms with Crippen LogP contribution in [0.2, 0.25) is 0 Å². The van der Waals surface area contributed by atoms with Gasteiger partial charge in [-0.25, -0.2) is 14.5 Å². The molecule has 1 aromatic carbocycles. The highest BCUT2D eigenvalue weighted by molar-refractivity contribution is 5.90. The molecule has 0 bridgehead atoms. The number of hydrogen-bond donors (Lipinski definition) is 1. The van der Waals surface area contributed by atoms with Gasteiger partial charge in [0.1, 0.15) is 18.5 Å². The molecule has 5 heterocycles. The first-order valence-corrected chi connectivity index (χ1v) is 11.6. The largest absolute Gasteiger partial charge is 0.473 e. The minimum atomic E-state index is 0.282. The Morgan fingerprint density at radius 3 is 2.71 bits per heavy atom. The SMILES string of the molecule is Nc1ncnn2c(-c3cccc(COc4ccccn4)c3)cc(-c3ccnn3C3CCOCC3)c12. The Morgan fingerprint density at radius 2 is 1.86 bits per heavy atom. The van der Waals surface area contributed by atoms with Crippen LogP contribution >= 0.6 is 0 Å². The molecule has 1 saturated heterocycles. The molecule has 9 nitrogen and oxygen atoms in total. The lowest BCUT2D eigenvalue weighted by Crippen LogP contribution is -2.21. The summed E-state index contributed by atoms with van der Waals surface area (Å²) in [5.74, 6) is 1.02. The number of hydrogen-bond acceptors (Lipinski definition) is 7. The van der Waals surface area contributed by atoms with Crippen molar-refractivity contribution in [1.29, 1.82) is 0 Å². The molecule has 9 heteroatoms. The van der Waals surface area contributed by atoms with Gasteiger partial charge in [0.05, 0.1) is 17.4 Å². The van der Waals surface area contributed by atoms with Crippen molar-refractivity contribution in [3.63, 3.8) is 0 Å². The second-order valence-corrected chi connectivity index (χ2v) is 8.51. The van der Waals surface area contributed by atoms with Gasteiger partial charge in [0.2, 0.25) is 5.88 Å². The average molecular weight is 468 g/mol. The highest BCUT2D eigenvalue weighted by Crippen LogP contribution is 2.36. The Hall–Kier alpha value is -4.24. The van der Waals surface area contributed by atoms with Crippen molar-refractivity contribution >= 4 is 11.3 Å². The van der Waals surface area contributed by atoms with Crippen LogP contribution in [0.3, 0.4) is 0 Å². The van der Waals surface area contributed by atoms with Crippen molar-refractivity contribution in [3.05, 3.63) is 78.9 Å². The second kappa shape index (κ2) is 9.19. The summed E-state index contributed by atoms with van der Waals surface area (Å²) >= 11 is 0. The van der Waals surface area contributed by atoms with Gasteiger partial charge >= 0.3 is 0 Å². The van der Waals surface area contributed by atoms with Crippen molar-refractivity contribution in [3.8, 4) is 28.4 Å². The molecule has 4 aromatic heterocycles. The molecular weight excluding hydrogens is 442 g/mol. The van der Waals surface area contributed by atoms with Gasteiger partial charge in [0.25, 0.3) is 0 Å². The summed E-state index contributed by atoms with van der Waals surface area (Å²) in [6, 6.07) is 18.3. The third kappa shape index (κ3) is 4.10. The molecule has 0 amide bonds. The quantitative estimate of drug-likeness (QED) is 0.400. The van der Waals surface area contributed by atoms with E-state index in [1.807, 2.05) is 47.1 Å². The molecule has 1 aliphatic rings. The van der Waals surface area contributed by atoms with Crippen LogP contribution in [0.5, 0.6) is 5.88 Å². The van der Waals surface area contributed by atoms with Crippen LogP contribution in [0.4, 0.5) is 5.82 Å². The van der Waals surface area contributed by atoms with E-state index in [4.69, 9.17) is 15.2 Å². The molecule has 0 saturated carbocycles. The summed E-state index contributed by atoms with van der Waals surface area (Å²) in [6.45, 7) is 1.89. The molecular formula is C26H25N7O2. The first-order valence-electron chi connectivity index (χ1n) is 11.6. The molecule has 5 aromatic rings. The van der Waals surface area contributed by atoms with Gasteiger partial charge in [-0.2, -0.15) is 10.2 Å². The standard InChI is InChI=1S/C26H25N7O2/c27-26-25-21(22-7-11-30-32(22)20-8-12-34-13-9-20)15-23(33(25)31-17-29-26)19-5-3-4-18(14-19)16-35-24-6-1-2-10-28-24/h1-7,10-11,14-15,17,20H,8-9,12-13,16H2,(H2,27,29,31). The van der Waals surface area contributed by atoms with Crippen molar-refractivity contribution in [2.45, 2.75) is 25.5 Å². The van der Waals surface area contributed by atoms with Crippen LogP contribution in [0.1, 0.15) is 24.4 Å². The van der Waals surface area contributed by atoms with Crippen molar-refractivity contribution in [2.75, 3.05) is 18.9 Å². The zero-order valence-corrected chi connectivity index (χ0v) is 19.1. The number of nitrogens with zero attached hydrogens (tertiary/aromatic N) is 6. The molecule has 0 spiro atoms. The molecule has 0 unspecified atom stereocenters. The minimum absolute atomic E-state index is 0.282. The molecule has 176 valence electrons. The first kappa shape index (κ1) is 21.3. The highest BCUT2D eigenvalue weighted by atomic mass is 16.5. The Bertz CT molecular complexity index is 1460. The van der Waals surface area contributed by atoms with E-state index in [1.165, 1.54) is 6.33 Å². The smallest absolute Gasteiger partial charge is 0.213 e. The Balaban J connectivity index is 1.40. The number of anilines is 1. The van der Waals surface area contributed by atoms with E-state index in [0.717, 1.165) is 59.7 Å². The van der Waals surface area contributed by atoms with Gasteiger partial charge in [-0.3, -0.25) is 4.68 Å². The fourth-order valence-corrected chi connectivity index (χ4v) is 4.63. The Kier molecular flexibility index (Phi) is 5.59. The lowest BCUT2D eigenvalue weighted by molar-refractivity contribution is 0.0667. The van der Waals surface area contributed by atoms with Crippen LogP contribution in [-0.4, -0.2) is 42.6 Å². The summed E-state index contributed by atoms with van der Waals surface area (Å²) in [4.78, 5) is 8.51. The number of benzene rings is 1. The van der Waals surface area contributed by atoms with Crippen LogP contribution < -0.4 is 10.5 Å². The molecule has 35 heavy (non-hydrogen) atoms. The summed E-state index contributed by atoms with van der Waals surface area (Å²) in [7, 11) is 0. The minimum Gasteiger partial charge on any atom is -0.473 e. The second-order valence-electron chi connectivity index (χ2n) is 8.51. The molecule has 0 radical (unpaired) electrons. The van der Waals surface area contributed by atoms with Gasteiger partial charge in [-0.1, -0.05) is 24.3 Å². The lowest BCUT2D eigenvalue weighted by Gasteiger charge is -2.24. The maximum Gasteiger partial charge on any atom is 0.213 e. The molecule has 6 rings (SSSR count). The molecule has 2 N–H and O–H groups in total. The number of fused-ring (bicyclic) bond motifs is 1. The molecule has 0 aliphatic carbocycles. The third-order valence-corrected chi connectivity index (χ3v) is 6.31. The number of nitrogen functional groups attached to an aromatic ring is 1. The lowest BCUT2D eigenvalue weighted by atomic mass is 10.1. The van der Waals surface area contributed by atoms with Gasteiger partial charge < -0.3 is 15.2 Å². The highest BCUT2D eigenvalue weighted by Gasteiger charge is 2.23. The molecule has 0 atom stereocenters. The van der Waals surface area contributed by atoms with Crippen LogP contribution in [0, 0.1) is 0 Å². The van der Waals surface area contributed by atoms with Gasteiger partial charge in [-0.15, -0.1) is 0 Å². The first-order chi connectivity index (χ1) is 17.3. The monoisotopic (exact) mass is 467 g/mol. The Morgan fingerprint density at radius 1 is 0.943 bits per heavy atom. The van der Waals surface area contributed by atoms with Crippen molar-refractivity contribution in [1.82, 2.24) is 29.4 Å². The number of rotatable bonds is 6. The number of aromatic nitrogens is 6. The summed E-state index contributed by atoms with van der Waals surface area (Å²) in [5.41, 5.74) is 12.0. The van der Waals surface area contributed by atoms with E-state index in [-0.39, 0.29) is 6.04 Å². The van der Waals surface area contributed by atoms with E-state index in [0.29, 0.717) is 18.3 Å². The maximum absolute atomic E-state index is 6.38. The zero-order chi connectivity index (χ0) is 23.6. The van der Waals surface area contributed by atoms with Gasteiger partial charge in [0, 0.05) is 42.8 Å². The van der Waals surface area contributed by atoms with Crippen molar-refractivity contribution < 1.29 is 9.47 Å². The summed E-state index contributed by atoms with van der Waals surface area (Å²) < 4.78 is 15.4. The van der Waals surface area contributed by atoms with Gasteiger partial charge in [0.15, 0.2) is 5.82 Å². The Labute approximate surface area is 202 Å². The van der Waals surface area contributed by atoms with E-state index < -0.39 is 0 Å². The normalized spacial score (nSPS) is 14.4. The van der Waals surface area contributed by atoms with Crippen LogP contribution in [0.25, 0.3) is 28.0 Å². The summed E-state index contributed by atoms with van der Waals surface area (Å²) in [6.07, 6.45) is 6.90. The zero-order valence-electron chi connectivity index (χ0n) is 19.1. The average Bonchev–Trinajstić information content (AvgIpc) is 3.55. The number of pyridine rings is 1. The topological polar surface area (TPSA) is 105 Å². The van der Waals surface area contributed by atoms with Crippen molar-refractivity contribution in [2.24, 2.45) is 0 Å². The van der Waals surface area contributed by atoms with E-state index in [2.05, 4.69) is 43.0 Å². The third-order valence-electron chi connectivity index (χ3n) is 6.31. The molecule has 1 fully saturated rings. The fraction of sp³-hybridized carbons (Fsp3) is 0.231. The number of nitrogens with two attached hydrogens (primary N) is 1. The number of ether oxygens (including phenoxy) is 2.